The van der Waals surface area contributed by atoms with Crippen LogP contribution in [0.15, 0.2) is 59.5 Å². The third kappa shape index (κ3) is 4.91. The van der Waals surface area contributed by atoms with Crippen molar-refractivity contribution in [2.45, 2.75) is 47.9 Å². The summed E-state index contributed by atoms with van der Waals surface area (Å²) >= 11 is 1.50. The molecule has 5 rings (SSSR count). The van der Waals surface area contributed by atoms with Crippen molar-refractivity contribution in [2.24, 2.45) is 0 Å². The molecule has 2 N–H and O–H groups in total. The van der Waals surface area contributed by atoms with Crippen molar-refractivity contribution in [3.8, 4) is 0 Å². The Hall–Kier alpha value is -3.33. The van der Waals surface area contributed by atoms with Crippen LogP contribution in [0.1, 0.15) is 36.5 Å². The normalized spacial score (nSPS) is 24.1. The summed E-state index contributed by atoms with van der Waals surface area (Å²) in [4.78, 5) is 56.2. The summed E-state index contributed by atoms with van der Waals surface area (Å²) in [6.07, 6.45) is 2.61. The standard InChI is InChI=1S/C26H28N4O4S/c31-21-13-12-18(27-21)25(33)28-23-24(17-8-2-1-3-9-17)35-20-11-5-4-10-19(20)30(26(23)34)16-22(32)29-14-6-7-15-29/h1-5,8-11,18,23-24H,6-7,12-16H2,(H,27,31)(H,28,33)/t18-,23-,24+/m0/s1. The van der Waals surface area contributed by atoms with Crippen LogP contribution in [0.4, 0.5) is 5.69 Å². The van der Waals surface area contributed by atoms with Crippen molar-refractivity contribution in [3.05, 3.63) is 60.2 Å². The zero-order valence-electron chi connectivity index (χ0n) is 19.3. The van der Waals surface area contributed by atoms with Crippen molar-refractivity contribution >= 4 is 41.1 Å². The van der Waals surface area contributed by atoms with E-state index >= 15 is 0 Å². The fourth-order valence-corrected chi connectivity index (χ4v) is 6.21. The fraction of sp³-hybridized carbons (Fsp3) is 0.385. The van der Waals surface area contributed by atoms with Gasteiger partial charge >= 0.3 is 0 Å². The van der Waals surface area contributed by atoms with Crippen LogP contribution >= 0.6 is 11.8 Å². The molecule has 3 aliphatic heterocycles. The first-order chi connectivity index (χ1) is 17.0. The van der Waals surface area contributed by atoms with Crippen molar-refractivity contribution in [3.63, 3.8) is 0 Å². The molecule has 0 radical (unpaired) electrons. The maximum atomic E-state index is 14.1. The third-order valence-electron chi connectivity index (χ3n) is 6.73. The van der Waals surface area contributed by atoms with E-state index in [1.165, 1.54) is 16.7 Å². The number of amides is 4. The van der Waals surface area contributed by atoms with Crippen LogP contribution in [0.2, 0.25) is 0 Å². The highest BCUT2D eigenvalue weighted by molar-refractivity contribution is 7.99. The molecule has 2 fully saturated rings. The van der Waals surface area contributed by atoms with Crippen LogP contribution < -0.4 is 15.5 Å². The zero-order chi connectivity index (χ0) is 24.4. The summed E-state index contributed by atoms with van der Waals surface area (Å²) < 4.78 is 0. The molecule has 35 heavy (non-hydrogen) atoms. The monoisotopic (exact) mass is 492 g/mol. The summed E-state index contributed by atoms with van der Waals surface area (Å²) in [5.41, 5.74) is 1.57. The number of likely N-dealkylation sites (tertiary alicyclic amines) is 1. The van der Waals surface area contributed by atoms with Gasteiger partial charge in [0, 0.05) is 24.4 Å². The lowest BCUT2D eigenvalue weighted by Gasteiger charge is -2.30. The lowest BCUT2D eigenvalue weighted by molar-refractivity contribution is -0.132. The summed E-state index contributed by atoms with van der Waals surface area (Å²) in [5.74, 6) is -0.979. The van der Waals surface area contributed by atoms with Gasteiger partial charge in [0.1, 0.15) is 18.6 Å². The van der Waals surface area contributed by atoms with Crippen LogP contribution in [0.3, 0.4) is 0 Å². The Bertz CT molecular complexity index is 1140. The van der Waals surface area contributed by atoms with E-state index in [0.29, 0.717) is 25.2 Å². The molecular weight excluding hydrogens is 464 g/mol. The number of hydrogen-bond acceptors (Lipinski definition) is 5. The van der Waals surface area contributed by atoms with Crippen LogP contribution in [0.5, 0.6) is 0 Å². The Labute approximate surface area is 208 Å². The largest absolute Gasteiger partial charge is 0.344 e. The molecule has 8 nitrogen and oxygen atoms in total. The Morgan fingerprint density at radius 1 is 1.00 bits per heavy atom. The number of benzene rings is 2. The van der Waals surface area contributed by atoms with Gasteiger partial charge in [0.05, 0.1) is 10.9 Å². The first kappa shape index (κ1) is 23.4. The molecule has 0 aromatic heterocycles. The molecular formula is C26H28N4O4S. The summed E-state index contributed by atoms with van der Waals surface area (Å²) in [6.45, 7) is 1.32. The number of rotatable bonds is 5. The van der Waals surface area contributed by atoms with Gasteiger partial charge in [0.15, 0.2) is 0 Å². The number of para-hydroxylation sites is 1. The molecule has 2 aromatic rings. The first-order valence-corrected chi connectivity index (χ1v) is 12.9. The fourth-order valence-electron chi connectivity index (χ4n) is 4.87. The van der Waals surface area contributed by atoms with E-state index in [0.717, 1.165) is 23.3 Å². The van der Waals surface area contributed by atoms with E-state index in [9.17, 15) is 19.2 Å². The number of nitrogens with one attached hydrogen (secondary N) is 2. The molecule has 3 heterocycles. The van der Waals surface area contributed by atoms with Crippen LogP contribution in [0.25, 0.3) is 0 Å². The number of hydrogen-bond donors (Lipinski definition) is 2. The van der Waals surface area contributed by atoms with Gasteiger partial charge in [-0.25, -0.2) is 0 Å². The van der Waals surface area contributed by atoms with E-state index < -0.39 is 17.3 Å². The maximum Gasteiger partial charge on any atom is 0.251 e. The van der Waals surface area contributed by atoms with Gasteiger partial charge in [-0.3, -0.25) is 19.2 Å². The SMILES string of the molecule is O=C1CC[C@@H](C(=O)N[C@@H]2C(=O)N(CC(=O)N3CCCC3)c3ccccc3S[C@@H]2c2ccccc2)N1. The van der Waals surface area contributed by atoms with E-state index in [-0.39, 0.29) is 36.6 Å². The minimum atomic E-state index is -0.911. The average Bonchev–Trinajstić information content (AvgIpc) is 3.55. The van der Waals surface area contributed by atoms with E-state index in [1.54, 1.807) is 4.90 Å². The first-order valence-electron chi connectivity index (χ1n) is 12.0. The topological polar surface area (TPSA) is 98.8 Å². The van der Waals surface area contributed by atoms with Crippen LogP contribution in [-0.4, -0.2) is 60.2 Å². The highest BCUT2D eigenvalue weighted by Crippen LogP contribution is 2.45. The molecule has 182 valence electrons. The van der Waals surface area contributed by atoms with Crippen LogP contribution in [-0.2, 0) is 19.2 Å². The number of nitrogens with zero attached hydrogens (tertiary/aromatic N) is 2. The van der Waals surface area contributed by atoms with Gasteiger partial charge in [0.2, 0.25) is 17.7 Å². The quantitative estimate of drug-likeness (QED) is 0.667. The molecule has 2 aromatic carbocycles. The minimum Gasteiger partial charge on any atom is -0.344 e. The van der Waals surface area contributed by atoms with Gasteiger partial charge in [0.25, 0.3) is 5.91 Å². The van der Waals surface area contributed by atoms with Gasteiger partial charge in [-0.2, -0.15) is 0 Å². The van der Waals surface area contributed by atoms with Gasteiger partial charge in [-0.05, 0) is 37.0 Å². The second-order valence-electron chi connectivity index (χ2n) is 9.07. The molecule has 0 unspecified atom stereocenters. The van der Waals surface area contributed by atoms with Crippen molar-refractivity contribution in [1.29, 1.82) is 0 Å². The number of thioether (sulfide) groups is 1. The van der Waals surface area contributed by atoms with Gasteiger partial charge in [-0.1, -0.05) is 42.5 Å². The second-order valence-corrected chi connectivity index (χ2v) is 10.3. The lowest BCUT2D eigenvalue weighted by Crippen LogP contribution is -2.55. The number of anilines is 1. The van der Waals surface area contributed by atoms with Crippen molar-refractivity contribution < 1.29 is 19.2 Å². The lowest BCUT2D eigenvalue weighted by atomic mass is 10.0. The highest BCUT2D eigenvalue weighted by Gasteiger charge is 2.42. The Balaban J connectivity index is 1.51. The molecule has 0 bridgehead atoms. The molecule has 0 spiro atoms. The number of carbonyl (C=O) groups excluding carboxylic acids is 4. The summed E-state index contributed by atoms with van der Waals surface area (Å²) in [6, 6.07) is 15.6. The van der Waals surface area contributed by atoms with Crippen molar-refractivity contribution in [2.75, 3.05) is 24.5 Å². The van der Waals surface area contributed by atoms with E-state index in [2.05, 4.69) is 10.6 Å². The Morgan fingerprint density at radius 3 is 2.43 bits per heavy atom. The van der Waals surface area contributed by atoms with E-state index in [1.807, 2.05) is 54.6 Å². The van der Waals surface area contributed by atoms with Gasteiger partial charge in [-0.15, -0.1) is 11.8 Å². The van der Waals surface area contributed by atoms with Gasteiger partial charge < -0.3 is 20.4 Å². The molecule has 3 atom stereocenters. The Morgan fingerprint density at radius 2 is 1.71 bits per heavy atom. The second kappa shape index (κ2) is 10.1. The molecule has 2 saturated heterocycles. The predicted octanol–water partition coefficient (Wildman–Crippen LogP) is 2.25. The number of fused-ring (bicyclic) bond motifs is 1. The summed E-state index contributed by atoms with van der Waals surface area (Å²) in [7, 11) is 0. The number of carbonyl (C=O) groups is 4. The third-order valence-corrected chi connectivity index (χ3v) is 8.13. The Kier molecular flexibility index (Phi) is 6.77. The van der Waals surface area contributed by atoms with Crippen LogP contribution in [0, 0.1) is 0 Å². The minimum absolute atomic E-state index is 0.0789. The highest BCUT2D eigenvalue weighted by atomic mass is 32.2. The average molecular weight is 493 g/mol. The molecule has 0 saturated carbocycles. The molecule has 3 aliphatic rings. The molecule has 4 amide bonds. The molecule has 9 heteroatoms. The van der Waals surface area contributed by atoms with Crippen molar-refractivity contribution in [1.82, 2.24) is 15.5 Å². The smallest absolute Gasteiger partial charge is 0.251 e. The maximum absolute atomic E-state index is 14.1. The predicted molar refractivity (Wildman–Crippen MR) is 133 cm³/mol. The molecule has 0 aliphatic carbocycles. The van der Waals surface area contributed by atoms with E-state index in [4.69, 9.17) is 0 Å². The summed E-state index contributed by atoms with van der Waals surface area (Å²) in [5, 5.41) is 5.21. The zero-order valence-corrected chi connectivity index (χ0v) is 20.1.